The van der Waals surface area contributed by atoms with Gasteiger partial charge in [0.25, 0.3) is 0 Å². The number of hydrogen-bond donors (Lipinski definition) is 6. The second-order valence-corrected chi connectivity index (χ2v) is 7.93. The van der Waals surface area contributed by atoms with Gasteiger partial charge in [0, 0.05) is 19.8 Å². The Morgan fingerprint density at radius 1 is 0.432 bits per heavy atom. The fourth-order valence-electron chi connectivity index (χ4n) is 2.95. The first-order valence-electron chi connectivity index (χ1n) is 11.4. The molecule has 0 saturated carbocycles. The van der Waals surface area contributed by atoms with Crippen molar-refractivity contribution in [1.82, 2.24) is 0 Å². The summed E-state index contributed by atoms with van der Waals surface area (Å²) in [5, 5.41) is 54.2. The van der Waals surface area contributed by atoms with Crippen LogP contribution in [0.25, 0.3) is 17.2 Å². The number of rotatable bonds is 9. The number of aliphatic hydroxyl groups is 6. The van der Waals surface area contributed by atoms with Crippen LogP contribution in [-0.4, -0.2) is 68.6 Å². The van der Waals surface area contributed by atoms with Gasteiger partial charge in [-0.15, -0.1) is 0 Å². The molecule has 0 aliphatic heterocycles. The second-order valence-electron chi connectivity index (χ2n) is 7.93. The van der Waals surface area contributed by atoms with E-state index in [0.29, 0.717) is 16.7 Å². The molecule has 0 fully saturated rings. The predicted molar refractivity (Wildman–Crippen MR) is 140 cm³/mol. The molecular formula is C27H36N3O6Pr. The van der Waals surface area contributed by atoms with Crippen LogP contribution in [0.2, 0.25) is 0 Å². The standard InChI is InChI=1S/3C9H12NO2.Pr/c3*10-8(6-11)9(12)7-4-2-1-3-5-7;/h3*1-5,8-12H,6H2;/q3*-1;+3. The molecule has 9 nitrogen and oxygen atoms in total. The van der Waals surface area contributed by atoms with E-state index in [1.165, 1.54) is 0 Å². The van der Waals surface area contributed by atoms with Crippen molar-refractivity contribution in [3.05, 3.63) is 125 Å². The van der Waals surface area contributed by atoms with Crippen molar-refractivity contribution in [1.29, 1.82) is 0 Å². The van der Waals surface area contributed by atoms with Crippen LogP contribution in [0.15, 0.2) is 91.0 Å². The first kappa shape index (κ1) is 35.7. The van der Waals surface area contributed by atoms with Gasteiger partial charge in [0.1, 0.15) is 0 Å². The SMILES string of the molecule is [NH-]C(CO)C(O)c1ccccc1.[NH-]C(CO)C(O)c1ccccc1.[NH-]C(CO)C(O)c1ccccc1.[Pr+3]. The third-order valence-corrected chi connectivity index (χ3v) is 5.16. The van der Waals surface area contributed by atoms with E-state index in [1.807, 2.05) is 18.2 Å². The maximum absolute atomic E-state index is 9.44. The van der Waals surface area contributed by atoms with E-state index in [4.69, 9.17) is 32.5 Å². The van der Waals surface area contributed by atoms with Gasteiger partial charge in [0.2, 0.25) is 0 Å². The molecule has 37 heavy (non-hydrogen) atoms. The molecule has 3 aromatic rings. The van der Waals surface area contributed by atoms with Crippen LogP contribution >= 0.6 is 0 Å². The summed E-state index contributed by atoms with van der Waals surface area (Å²) in [5.41, 5.74) is 23.8. The zero-order valence-corrected chi connectivity index (χ0v) is 24.2. The quantitative estimate of drug-likeness (QED) is 0.208. The van der Waals surface area contributed by atoms with Crippen molar-refractivity contribution >= 4 is 0 Å². The summed E-state index contributed by atoms with van der Waals surface area (Å²) in [6, 6.07) is 24.2. The van der Waals surface area contributed by atoms with Crippen LogP contribution in [0, 0.1) is 41.3 Å². The molecule has 198 valence electrons. The summed E-state index contributed by atoms with van der Waals surface area (Å²) in [7, 11) is 0. The molecule has 0 aliphatic rings. The van der Waals surface area contributed by atoms with Crippen molar-refractivity contribution < 1.29 is 71.9 Å². The van der Waals surface area contributed by atoms with E-state index in [9.17, 15) is 15.3 Å². The van der Waals surface area contributed by atoms with Crippen LogP contribution < -0.4 is 0 Å². The number of aliphatic hydroxyl groups excluding tert-OH is 6. The fourth-order valence-corrected chi connectivity index (χ4v) is 2.95. The van der Waals surface area contributed by atoms with Gasteiger partial charge in [-0.3, -0.25) is 0 Å². The molecule has 0 saturated heterocycles. The van der Waals surface area contributed by atoms with Gasteiger partial charge in [-0.05, 0) is 16.7 Å². The van der Waals surface area contributed by atoms with E-state index in [2.05, 4.69) is 0 Å². The van der Waals surface area contributed by atoms with Crippen molar-refractivity contribution in [3.63, 3.8) is 0 Å². The van der Waals surface area contributed by atoms with Gasteiger partial charge < -0.3 is 47.8 Å². The van der Waals surface area contributed by atoms with Gasteiger partial charge in [0.15, 0.2) is 0 Å². The molecule has 0 amide bonds. The van der Waals surface area contributed by atoms with Gasteiger partial charge in [-0.2, -0.15) is 0 Å². The Kier molecular flexibility index (Phi) is 19.9. The van der Waals surface area contributed by atoms with Crippen LogP contribution in [0.5, 0.6) is 0 Å². The summed E-state index contributed by atoms with van der Waals surface area (Å²) in [6.45, 7) is -0.970. The molecule has 6 atom stereocenters. The van der Waals surface area contributed by atoms with Crippen molar-refractivity contribution in [2.75, 3.05) is 19.8 Å². The van der Waals surface area contributed by atoms with Gasteiger partial charge >= 0.3 is 41.3 Å². The van der Waals surface area contributed by atoms with Gasteiger partial charge in [-0.25, -0.2) is 0 Å². The topological polar surface area (TPSA) is 193 Å². The molecular weight excluding hydrogens is 603 g/mol. The van der Waals surface area contributed by atoms with E-state index in [-0.39, 0.29) is 61.1 Å². The molecule has 0 heterocycles. The second kappa shape index (κ2) is 20.6. The normalized spacial score (nSPS) is 15.2. The smallest absolute Gasteiger partial charge is 0.670 e. The fraction of sp³-hybridized carbons (Fsp3) is 0.333. The van der Waals surface area contributed by atoms with Crippen molar-refractivity contribution in [2.45, 2.75) is 36.4 Å². The zero-order valence-electron chi connectivity index (χ0n) is 20.5. The third-order valence-electron chi connectivity index (χ3n) is 5.16. The Morgan fingerprint density at radius 2 is 0.622 bits per heavy atom. The minimum Gasteiger partial charge on any atom is -0.670 e. The largest absolute Gasteiger partial charge is 3.00 e. The van der Waals surface area contributed by atoms with Crippen molar-refractivity contribution in [2.24, 2.45) is 0 Å². The molecule has 6 unspecified atom stereocenters. The first-order valence-corrected chi connectivity index (χ1v) is 11.4. The monoisotopic (exact) mass is 639 g/mol. The molecule has 0 aliphatic carbocycles. The molecule has 0 radical (unpaired) electrons. The zero-order chi connectivity index (χ0) is 26.9. The number of benzene rings is 3. The minimum atomic E-state index is -0.892. The minimum absolute atomic E-state index is 0. The average Bonchev–Trinajstić information content (AvgIpc) is 2.96. The first-order chi connectivity index (χ1) is 17.3. The molecule has 0 bridgehead atoms. The third kappa shape index (κ3) is 13.3. The summed E-state index contributed by atoms with van der Waals surface area (Å²) in [5.74, 6) is 0. The number of nitrogens with one attached hydrogen (secondary N) is 3. The average molecular weight is 640 g/mol. The molecule has 0 aromatic heterocycles. The summed E-state index contributed by atoms with van der Waals surface area (Å²) < 4.78 is 0. The van der Waals surface area contributed by atoms with Gasteiger partial charge in [-0.1, -0.05) is 109 Å². The summed E-state index contributed by atoms with van der Waals surface area (Å²) >= 11 is 0. The molecule has 0 spiro atoms. The van der Waals surface area contributed by atoms with Crippen LogP contribution in [0.1, 0.15) is 35.0 Å². The maximum Gasteiger partial charge on any atom is 3.00 e. The predicted octanol–water partition coefficient (Wildman–Crippen LogP) is 3.40. The Balaban J connectivity index is 0.000000518. The summed E-state index contributed by atoms with van der Waals surface area (Å²) in [6.07, 6.45) is -2.68. The molecule has 9 N–H and O–H groups in total. The van der Waals surface area contributed by atoms with Crippen LogP contribution in [0.3, 0.4) is 0 Å². The van der Waals surface area contributed by atoms with E-state index in [1.54, 1.807) is 72.8 Å². The van der Waals surface area contributed by atoms with E-state index in [0.717, 1.165) is 0 Å². The Labute approximate surface area is 251 Å². The van der Waals surface area contributed by atoms with Crippen molar-refractivity contribution in [3.8, 4) is 0 Å². The van der Waals surface area contributed by atoms with Gasteiger partial charge in [0.05, 0.1) is 18.3 Å². The Bertz CT molecular complexity index is 805. The Hall–Kier alpha value is -1.34. The Morgan fingerprint density at radius 3 is 0.784 bits per heavy atom. The molecule has 3 rings (SSSR count). The molecule has 3 aromatic carbocycles. The van der Waals surface area contributed by atoms with Crippen LogP contribution in [-0.2, 0) is 0 Å². The molecule has 10 heteroatoms. The maximum atomic E-state index is 9.44. The summed E-state index contributed by atoms with van der Waals surface area (Å²) in [4.78, 5) is 0. The van der Waals surface area contributed by atoms with Crippen LogP contribution in [0.4, 0.5) is 0 Å². The van der Waals surface area contributed by atoms with E-state index < -0.39 is 36.4 Å². The van der Waals surface area contributed by atoms with E-state index >= 15 is 0 Å². The number of hydrogen-bond acceptors (Lipinski definition) is 6.